The van der Waals surface area contributed by atoms with E-state index in [-0.39, 0.29) is 12.0 Å². The molecule has 1 saturated heterocycles. The molecule has 3 aromatic rings. The Morgan fingerprint density at radius 2 is 1.91 bits per heavy atom. The molecule has 0 unspecified atom stereocenters. The lowest BCUT2D eigenvalue weighted by Crippen LogP contribution is -2.39. The monoisotopic (exact) mass is 467 g/mol. The Labute approximate surface area is 200 Å². The van der Waals surface area contributed by atoms with Crippen LogP contribution in [0, 0.1) is 13.8 Å². The average Bonchev–Trinajstić information content (AvgIpc) is 3.21. The fraction of sp³-hybridized carbons (Fsp3) is 0.462. The van der Waals surface area contributed by atoms with E-state index in [0.29, 0.717) is 12.1 Å². The standard InChI is InChI=1S/C26H33N3O3S/c1-18(2)32-22-8-6-21(7-9-22)25(30)29(11-5-10-28-12-14-31-15-13-28)26-27-24-20(4)16-19(3)17-23(24)33-26/h6-9,16-18H,5,10-15H2,1-4H3. The minimum absolute atomic E-state index is 0.0264. The van der Waals surface area contributed by atoms with Crippen LogP contribution in [0.1, 0.15) is 41.8 Å². The molecule has 0 spiro atoms. The number of aryl methyl sites for hydroxylation is 2. The summed E-state index contributed by atoms with van der Waals surface area (Å²) in [4.78, 5) is 22.7. The number of anilines is 1. The van der Waals surface area contributed by atoms with Gasteiger partial charge in [0.25, 0.3) is 5.91 Å². The SMILES string of the molecule is Cc1cc(C)c2nc(N(CCCN3CCOCC3)C(=O)c3ccc(OC(C)C)cc3)sc2c1. The Kier molecular flexibility index (Phi) is 7.63. The number of amides is 1. The van der Waals surface area contributed by atoms with Gasteiger partial charge in [-0.25, -0.2) is 4.98 Å². The van der Waals surface area contributed by atoms with Gasteiger partial charge in [-0.05, 0) is 75.6 Å². The number of aromatic nitrogens is 1. The van der Waals surface area contributed by atoms with Crippen LogP contribution in [-0.4, -0.2) is 61.3 Å². The number of thiazole rings is 1. The van der Waals surface area contributed by atoms with Crippen molar-refractivity contribution in [1.29, 1.82) is 0 Å². The molecule has 0 N–H and O–H groups in total. The van der Waals surface area contributed by atoms with Gasteiger partial charge in [-0.2, -0.15) is 0 Å². The van der Waals surface area contributed by atoms with Gasteiger partial charge in [0, 0.05) is 31.7 Å². The van der Waals surface area contributed by atoms with Crippen LogP contribution in [-0.2, 0) is 4.74 Å². The zero-order valence-electron chi connectivity index (χ0n) is 20.0. The van der Waals surface area contributed by atoms with Crippen molar-refractivity contribution in [1.82, 2.24) is 9.88 Å². The molecule has 1 aliphatic rings. The normalized spacial score (nSPS) is 14.7. The summed E-state index contributed by atoms with van der Waals surface area (Å²) in [5.74, 6) is 0.744. The lowest BCUT2D eigenvalue weighted by atomic mass is 10.1. The highest BCUT2D eigenvalue weighted by Gasteiger charge is 2.22. The first kappa shape index (κ1) is 23.7. The van der Waals surface area contributed by atoms with Crippen molar-refractivity contribution >= 4 is 32.6 Å². The first-order chi connectivity index (χ1) is 15.9. The van der Waals surface area contributed by atoms with Crippen LogP contribution < -0.4 is 9.64 Å². The summed E-state index contributed by atoms with van der Waals surface area (Å²) in [5, 5.41) is 0.758. The molecule has 0 saturated carbocycles. The number of hydrogen-bond acceptors (Lipinski definition) is 6. The van der Waals surface area contributed by atoms with Gasteiger partial charge in [0.05, 0.1) is 29.5 Å². The summed E-state index contributed by atoms with van der Waals surface area (Å²) >= 11 is 1.59. The number of fused-ring (bicyclic) bond motifs is 1. The van der Waals surface area contributed by atoms with E-state index in [1.807, 2.05) is 43.0 Å². The highest BCUT2D eigenvalue weighted by molar-refractivity contribution is 7.22. The number of hydrogen-bond donors (Lipinski definition) is 0. The molecule has 0 aliphatic carbocycles. The van der Waals surface area contributed by atoms with Gasteiger partial charge in [0.15, 0.2) is 5.13 Å². The third-order valence-electron chi connectivity index (χ3n) is 5.73. The van der Waals surface area contributed by atoms with E-state index in [1.165, 1.54) is 5.56 Å². The van der Waals surface area contributed by atoms with E-state index >= 15 is 0 Å². The van der Waals surface area contributed by atoms with Gasteiger partial charge < -0.3 is 9.47 Å². The molecule has 1 amide bonds. The topological polar surface area (TPSA) is 54.9 Å². The van der Waals surface area contributed by atoms with Crippen molar-refractivity contribution in [2.45, 2.75) is 40.2 Å². The summed E-state index contributed by atoms with van der Waals surface area (Å²) in [5.41, 5.74) is 3.97. The highest BCUT2D eigenvalue weighted by Crippen LogP contribution is 2.32. The van der Waals surface area contributed by atoms with E-state index in [1.54, 1.807) is 11.3 Å². The molecule has 0 bridgehead atoms. The molecular weight excluding hydrogens is 434 g/mol. The number of nitrogens with zero attached hydrogens (tertiary/aromatic N) is 3. The van der Waals surface area contributed by atoms with E-state index < -0.39 is 0 Å². The Morgan fingerprint density at radius 3 is 2.61 bits per heavy atom. The van der Waals surface area contributed by atoms with Crippen LogP contribution in [0.5, 0.6) is 5.75 Å². The van der Waals surface area contributed by atoms with Gasteiger partial charge >= 0.3 is 0 Å². The summed E-state index contributed by atoms with van der Waals surface area (Å²) in [7, 11) is 0. The second-order valence-corrected chi connectivity index (χ2v) is 9.89. The molecule has 176 valence electrons. The Morgan fingerprint density at radius 1 is 1.18 bits per heavy atom. The molecule has 0 radical (unpaired) electrons. The summed E-state index contributed by atoms with van der Waals surface area (Å²) in [6.07, 6.45) is 0.978. The van der Waals surface area contributed by atoms with Crippen molar-refractivity contribution in [2.24, 2.45) is 0 Å². The van der Waals surface area contributed by atoms with E-state index in [2.05, 4.69) is 30.9 Å². The van der Waals surface area contributed by atoms with Crippen LogP contribution >= 0.6 is 11.3 Å². The Hall–Kier alpha value is -2.48. The average molecular weight is 468 g/mol. The van der Waals surface area contributed by atoms with Crippen molar-refractivity contribution < 1.29 is 14.3 Å². The van der Waals surface area contributed by atoms with Crippen LogP contribution in [0.15, 0.2) is 36.4 Å². The van der Waals surface area contributed by atoms with Crippen molar-refractivity contribution in [3.05, 3.63) is 53.1 Å². The second kappa shape index (κ2) is 10.6. The predicted octanol–water partition coefficient (Wildman–Crippen LogP) is 5.07. The van der Waals surface area contributed by atoms with Crippen LogP contribution in [0.3, 0.4) is 0 Å². The third-order valence-corrected chi connectivity index (χ3v) is 6.75. The maximum atomic E-state index is 13.6. The maximum absolute atomic E-state index is 13.6. The number of carbonyl (C=O) groups is 1. The number of rotatable bonds is 8. The molecule has 4 rings (SSSR count). The number of carbonyl (C=O) groups excluding carboxylic acids is 1. The second-order valence-electron chi connectivity index (χ2n) is 8.88. The Bertz CT molecular complexity index is 1090. The Balaban J connectivity index is 1.57. The van der Waals surface area contributed by atoms with E-state index in [4.69, 9.17) is 14.5 Å². The van der Waals surface area contributed by atoms with Gasteiger partial charge in [0.2, 0.25) is 0 Å². The molecular formula is C26H33N3O3S. The van der Waals surface area contributed by atoms with Crippen LogP contribution in [0.25, 0.3) is 10.2 Å². The number of morpholine rings is 1. The number of benzene rings is 2. The molecule has 2 heterocycles. The molecule has 7 heteroatoms. The van der Waals surface area contributed by atoms with Gasteiger partial charge in [-0.1, -0.05) is 17.4 Å². The van der Waals surface area contributed by atoms with Crippen LogP contribution in [0.4, 0.5) is 5.13 Å². The molecule has 1 fully saturated rings. The first-order valence-electron chi connectivity index (χ1n) is 11.7. The van der Waals surface area contributed by atoms with Crippen molar-refractivity contribution in [3.8, 4) is 5.75 Å². The minimum Gasteiger partial charge on any atom is -0.491 e. The first-order valence-corrected chi connectivity index (χ1v) is 12.5. The molecule has 1 aromatic heterocycles. The zero-order chi connectivity index (χ0) is 23.4. The summed E-state index contributed by atoms with van der Waals surface area (Å²) in [6.45, 7) is 13.2. The molecule has 1 aliphatic heterocycles. The number of ether oxygens (including phenoxy) is 2. The van der Waals surface area contributed by atoms with E-state index in [0.717, 1.165) is 65.9 Å². The molecule has 33 heavy (non-hydrogen) atoms. The van der Waals surface area contributed by atoms with Crippen molar-refractivity contribution in [3.63, 3.8) is 0 Å². The largest absolute Gasteiger partial charge is 0.491 e. The summed E-state index contributed by atoms with van der Waals surface area (Å²) < 4.78 is 12.3. The molecule has 2 aromatic carbocycles. The smallest absolute Gasteiger partial charge is 0.260 e. The zero-order valence-corrected chi connectivity index (χ0v) is 20.8. The van der Waals surface area contributed by atoms with Gasteiger partial charge in [-0.3, -0.25) is 14.6 Å². The van der Waals surface area contributed by atoms with Gasteiger partial charge in [0.1, 0.15) is 5.75 Å². The predicted molar refractivity (Wildman–Crippen MR) is 135 cm³/mol. The van der Waals surface area contributed by atoms with E-state index in [9.17, 15) is 4.79 Å². The van der Waals surface area contributed by atoms with Crippen LogP contribution in [0.2, 0.25) is 0 Å². The fourth-order valence-corrected chi connectivity index (χ4v) is 5.31. The fourth-order valence-electron chi connectivity index (χ4n) is 4.14. The lowest BCUT2D eigenvalue weighted by molar-refractivity contribution is 0.0376. The van der Waals surface area contributed by atoms with Gasteiger partial charge in [-0.15, -0.1) is 0 Å². The molecule has 6 nitrogen and oxygen atoms in total. The maximum Gasteiger partial charge on any atom is 0.260 e. The van der Waals surface area contributed by atoms with Crippen molar-refractivity contribution in [2.75, 3.05) is 44.3 Å². The minimum atomic E-state index is -0.0264. The third kappa shape index (κ3) is 5.91. The quantitative estimate of drug-likeness (QED) is 0.463. The lowest BCUT2D eigenvalue weighted by Gasteiger charge is -2.27. The molecule has 0 atom stereocenters. The summed E-state index contributed by atoms with van der Waals surface area (Å²) in [6, 6.07) is 11.7. The highest BCUT2D eigenvalue weighted by atomic mass is 32.1.